The van der Waals surface area contributed by atoms with Gasteiger partial charge in [-0.2, -0.15) is 0 Å². The molecule has 7 heteroatoms. The van der Waals surface area contributed by atoms with E-state index in [0.717, 1.165) is 35.7 Å². The molecule has 5 nitrogen and oxygen atoms in total. The minimum absolute atomic E-state index is 0. The molecule has 0 radical (unpaired) electrons. The molecule has 24 heavy (non-hydrogen) atoms. The molecule has 0 unspecified atom stereocenters. The van der Waals surface area contributed by atoms with Crippen LogP contribution in [-0.2, 0) is 0 Å². The first kappa shape index (κ1) is 20.5. The maximum absolute atomic E-state index is 5.86. The van der Waals surface area contributed by atoms with Crippen LogP contribution >= 0.6 is 24.8 Å². The summed E-state index contributed by atoms with van der Waals surface area (Å²) in [5.41, 5.74) is 8.10. The summed E-state index contributed by atoms with van der Waals surface area (Å²) in [6.45, 7) is 2.11. The van der Waals surface area contributed by atoms with E-state index in [9.17, 15) is 0 Å². The van der Waals surface area contributed by atoms with Crippen LogP contribution < -0.4 is 15.8 Å². The first-order chi connectivity index (χ1) is 10.7. The second kappa shape index (κ2) is 9.06. The summed E-state index contributed by atoms with van der Waals surface area (Å²) >= 11 is 0. The number of nitrogens with zero attached hydrogens (tertiary/aromatic N) is 2. The Kier molecular flexibility index (Phi) is 7.73. The van der Waals surface area contributed by atoms with Gasteiger partial charge in [-0.25, -0.2) is 9.97 Å². The van der Waals surface area contributed by atoms with Crippen molar-refractivity contribution in [2.24, 2.45) is 5.73 Å². The van der Waals surface area contributed by atoms with E-state index in [0.29, 0.717) is 12.0 Å². The van der Waals surface area contributed by atoms with E-state index >= 15 is 0 Å². The van der Waals surface area contributed by atoms with Gasteiger partial charge in [0.25, 0.3) is 0 Å². The lowest BCUT2D eigenvalue weighted by atomic mass is 9.78. The summed E-state index contributed by atoms with van der Waals surface area (Å²) in [4.78, 5) is 8.70. The number of nitrogens with two attached hydrogens (primary N) is 1. The molecule has 132 valence electrons. The third-order valence-electron chi connectivity index (χ3n) is 4.24. The maximum atomic E-state index is 5.86. The number of methoxy groups -OCH3 is 1. The number of hydrogen-bond acceptors (Lipinski definition) is 5. The van der Waals surface area contributed by atoms with Crippen LogP contribution in [-0.4, -0.2) is 23.1 Å². The van der Waals surface area contributed by atoms with Crippen molar-refractivity contribution in [1.29, 1.82) is 0 Å². The quantitative estimate of drug-likeness (QED) is 0.838. The van der Waals surface area contributed by atoms with Gasteiger partial charge in [-0.05, 0) is 37.5 Å². The highest BCUT2D eigenvalue weighted by Gasteiger charge is 2.28. The van der Waals surface area contributed by atoms with Gasteiger partial charge in [0.15, 0.2) is 0 Å². The summed E-state index contributed by atoms with van der Waals surface area (Å²) in [7, 11) is 1.68. The molecule has 1 aromatic heterocycles. The molecular formula is C17H24Cl2N4O. The van der Waals surface area contributed by atoms with E-state index < -0.39 is 0 Å². The molecule has 1 fully saturated rings. The lowest BCUT2D eigenvalue weighted by Gasteiger charge is -2.32. The Labute approximate surface area is 155 Å². The summed E-state index contributed by atoms with van der Waals surface area (Å²) in [6, 6.07) is 10.5. The van der Waals surface area contributed by atoms with E-state index in [1.165, 1.54) is 0 Å². The monoisotopic (exact) mass is 370 g/mol. The Hall–Kier alpha value is -1.56. The maximum Gasteiger partial charge on any atom is 0.130 e. The SMILES string of the molecule is COc1cccc([C@@H](C)Nc2cc(C3CC(N)C3)ncn2)c1.Cl.Cl. The summed E-state index contributed by atoms with van der Waals surface area (Å²) in [6.07, 6.45) is 3.66. The molecular weight excluding hydrogens is 347 g/mol. The molecule has 1 heterocycles. The highest BCUT2D eigenvalue weighted by atomic mass is 35.5. The van der Waals surface area contributed by atoms with Gasteiger partial charge in [-0.1, -0.05) is 12.1 Å². The number of hydrogen-bond donors (Lipinski definition) is 2. The predicted octanol–water partition coefficient (Wildman–Crippen LogP) is 3.71. The number of halogens is 2. The van der Waals surface area contributed by atoms with Gasteiger partial charge in [0.2, 0.25) is 0 Å². The van der Waals surface area contributed by atoms with Crippen LogP contribution in [0.15, 0.2) is 36.7 Å². The summed E-state index contributed by atoms with van der Waals surface area (Å²) in [5.74, 6) is 2.18. The molecule has 1 aliphatic carbocycles. The molecule has 3 N–H and O–H groups in total. The fourth-order valence-corrected chi connectivity index (χ4v) is 2.79. The first-order valence-electron chi connectivity index (χ1n) is 7.63. The number of nitrogens with one attached hydrogen (secondary N) is 1. The smallest absolute Gasteiger partial charge is 0.130 e. The molecule has 0 amide bonds. The van der Waals surface area contributed by atoms with Crippen LogP contribution in [0.5, 0.6) is 5.75 Å². The van der Waals surface area contributed by atoms with Gasteiger partial charge in [0.05, 0.1) is 13.2 Å². The van der Waals surface area contributed by atoms with Crippen LogP contribution in [0.1, 0.15) is 43.0 Å². The number of benzene rings is 1. The minimum Gasteiger partial charge on any atom is -0.497 e. The standard InChI is InChI=1S/C17H22N4O.2ClH/c1-11(12-4-3-5-15(8-12)22-2)21-17-9-16(19-10-20-17)13-6-14(18)7-13;;/h3-5,8-11,13-14H,6-7,18H2,1-2H3,(H,19,20,21);2*1H/t11-,13?,14?;;/m1../s1. The normalized spacial score (nSPS) is 20.0. The molecule has 0 spiro atoms. The zero-order valence-electron chi connectivity index (χ0n) is 13.8. The average molecular weight is 371 g/mol. The van der Waals surface area contributed by atoms with Crippen LogP contribution in [0.25, 0.3) is 0 Å². The van der Waals surface area contributed by atoms with Crippen molar-refractivity contribution < 1.29 is 4.74 Å². The number of aromatic nitrogens is 2. The fraction of sp³-hybridized carbons (Fsp3) is 0.412. The van der Waals surface area contributed by atoms with Crippen molar-refractivity contribution in [3.63, 3.8) is 0 Å². The van der Waals surface area contributed by atoms with Crippen molar-refractivity contribution in [2.45, 2.75) is 37.8 Å². The Morgan fingerprint density at radius 3 is 2.62 bits per heavy atom. The predicted molar refractivity (Wildman–Crippen MR) is 102 cm³/mol. The van der Waals surface area contributed by atoms with E-state index in [-0.39, 0.29) is 30.9 Å². The lowest BCUT2D eigenvalue weighted by molar-refractivity contribution is 0.345. The van der Waals surface area contributed by atoms with Gasteiger partial charge in [-0.15, -0.1) is 24.8 Å². The number of anilines is 1. The van der Waals surface area contributed by atoms with Crippen molar-refractivity contribution in [3.8, 4) is 5.75 Å². The molecule has 1 saturated carbocycles. The van der Waals surface area contributed by atoms with E-state index in [1.54, 1.807) is 13.4 Å². The van der Waals surface area contributed by atoms with E-state index in [1.807, 2.05) is 24.3 Å². The van der Waals surface area contributed by atoms with Crippen LogP contribution in [0.3, 0.4) is 0 Å². The van der Waals surface area contributed by atoms with Crippen LogP contribution in [0.4, 0.5) is 5.82 Å². The average Bonchev–Trinajstić information content (AvgIpc) is 2.52. The third-order valence-corrected chi connectivity index (χ3v) is 4.24. The molecule has 2 aromatic rings. The van der Waals surface area contributed by atoms with Gasteiger partial charge in [-0.3, -0.25) is 0 Å². The molecule has 0 aliphatic heterocycles. The number of ether oxygens (including phenoxy) is 1. The molecule has 1 aromatic carbocycles. The highest BCUT2D eigenvalue weighted by molar-refractivity contribution is 5.85. The largest absolute Gasteiger partial charge is 0.497 e. The second-order valence-electron chi connectivity index (χ2n) is 5.90. The third kappa shape index (κ3) is 4.72. The van der Waals surface area contributed by atoms with Crippen molar-refractivity contribution in [3.05, 3.63) is 47.9 Å². The lowest BCUT2D eigenvalue weighted by Crippen LogP contribution is -2.35. The Morgan fingerprint density at radius 1 is 1.21 bits per heavy atom. The Bertz CT molecular complexity index is 650. The fourth-order valence-electron chi connectivity index (χ4n) is 2.79. The topological polar surface area (TPSA) is 73.1 Å². The molecule has 3 rings (SSSR count). The minimum atomic E-state index is 0. The van der Waals surface area contributed by atoms with Crippen molar-refractivity contribution in [2.75, 3.05) is 12.4 Å². The number of rotatable bonds is 5. The van der Waals surface area contributed by atoms with Gasteiger partial charge < -0.3 is 15.8 Å². The van der Waals surface area contributed by atoms with Gasteiger partial charge in [0.1, 0.15) is 17.9 Å². The highest BCUT2D eigenvalue weighted by Crippen LogP contribution is 2.35. The second-order valence-corrected chi connectivity index (χ2v) is 5.90. The Balaban J connectivity index is 0.00000144. The Morgan fingerprint density at radius 2 is 1.96 bits per heavy atom. The van der Waals surface area contributed by atoms with Crippen LogP contribution in [0.2, 0.25) is 0 Å². The molecule has 0 bridgehead atoms. The van der Waals surface area contributed by atoms with Gasteiger partial charge in [0, 0.05) is 23.7 Å². The van der Waals surface area contributed by atoms with Gasteiger partial charge >= 0.3 is 0 Å². The molecule has 1 atom stereocenters. The van der Waals surface area contributed by atoms with E-state index in [2.05, 4.69) is 28.3 Å². The molecule has 1 aliphatic rings. The molecule has 0 saturated heterocycles. The van der Waals surface area contributed by atoms with Crippen molar-refractivity contribution >= 4 is 30.6 Å². The zero-order valence-corrected chi connectivity index (χ0v) is 15.4. The first-order valence-corrected chi connectivity index (χ1v) is 7.63. The zero-order chi connectivity index (χ0) is 15.5. The summed E-state index contributed by atoms with van der Waals surface area (Å²) < 4.78 is 5.27. The van der Waals surface area contributed by atoms with Crippen LogP contribution in [0, 0.1) is 0 Å². The van der Waals surface area contributed by atoms with E-state index in [4.69, 9.17) is 10.5 Å². The van der Waals surface area contributed by atoms with Crippen molar-refractivity contribution in [1.82, 2.24) is 9.97 Å². The summed E-state index contributed by atoms with van der Waals surface area (Å²) in [5, 5.41) is 3.43.